The summed E-state index contributed by atoms with van der Waals surface area (Å²) in [5, 5.41) is 0. The van der Waals surface area contributed by atoms with Gasteiger partial charge in [-0.3, -0.25) is 0 Å². The maximum atomic E-state index is 4.63. The number of aromatic nitrogens is 1. The summed E-state index contributed by atoms with van der Waals surface area (Å²) in [7, 11) is 2.17. The van der Waals surface area contributed by atoms with E-state index in [1.165, 1.54) is 16.7 Å². The molecule has 20 heavy (non-hydrogen) atoms. The quantitative estimate of drug-likeness (QED) is 0.834. The fourth-order valence-corrected chi connectivity index (χ4v) is 2.53. The number of nitrogens with zero attached hydrogens (tertiary/aromatic N) is 3. The van der Waals surface area contributed by atoms with Gasteiger partial charge in [0.1, 0.15) is 5.82 Å². The molecule has 2 aromatic rings. The molecule has 3 rings (SSSR count). The van der Waals surface area contributed by atoms with Gasteiger partial charge in [-0.2, -0.15) is 0 Å². The summed E-state index contributed by atoms with van der Waals surface area (Å²) in [6.07, 6.45) is 1.98. The van der Waals surface area contributed by atoms with E-state index in [2.05, 4.69) is 65.2 Å². The van der Waals surface area contributed by atoms with Crippen molar-refractivity contribution in [2.24, 2.45) is 0 Å². The second-order valence-electron chi connectivity index (χ2n) is 5.56. The summed E-state index contributed by atoms with van der Waals surface area (Å²) < 4.78 is 0. The van der Waals surface area contributed by atoms with Gasteiger partial charge in [0.25, 0.3) is 0 Å². The average Bonchev–Trinajstić information content (AvgIpc) is 2.49. The smallest absolute Gasteiger partial charge is 0.128 e. The molecule has 0 unspecified atom stereocenters. The molecule has 1 fully saturated rings. The molecule has 1 saturated heterocycles. The lowest BCUT2D eigenvalue weighted by molar-refractivity contribution is 0.312. The van der Waals surface area contributed by atoms with Crippen molar-refractivity contribution >= 4 is 5.82 Å². The van der Waals surface area contributed by atoms with Crippen molar-refractivity contribution in [3.63, 3.8) is 0 Å². The molecule has 3 nitrogen and oxygen atoms in total. The molecule has 0 atom stereocenters. The lowest BCUT2D eigenvalue weighted by Crippen LogP contribution is -2.44. The lowest BCUT2D eigenvalue weighted by atomic mass is 10.1. The standard InChI is InChI=1S/C17H21N3/c1-14-3-5-15(6-4-14)16-7-8-17(18-13-16)20-11-9-19(2)10-12-20/h3-8,13H,9-12H2,1-2H3. The number of hydrogen-bond donors (Lipinski definition) is 0. The van der Waals surface area contributed by atoms with Gasteiger partial charge in [-0.15, -0.1) is 0 Å². The first-order valence-corrected chi connectivity index (χ1v) is 7.19. The van der Waals surface area contributed by atoms with Gasteiger partial charge in [-0.25, -0.2) is 4.98 Å². The van der Waals surface area contributed by atoms with Crippen molar-refractivity contribution in [1.82, 2.24) is 9.88 Å². The number of anilines is 1. The largest absolute Gasteiger partial charge is 0.354 e. The second kappa shape index (κ2) is 5.63. The third-order valence-corrected chi connectivity index (χ3v) is 3.96. The molecule has 0 aliphatic carbocycles. The first kappa shape index (κ1) is 13.1. The molecule has 0 saturated carbocycles. The number of benzene rings is 1. The summed E-state index contributed by atoms with van der Waals surface area (Å²) in [4.78, 5) is 9.35. The van der Waals surface area contributed by atoms with E-state index in [1.807, 2.05) is 6.20 Å². The first-order chi connectivity index (χ1) is 9.72. The molecule has 2 heterocycles. The van der Waals surface area contributed by atoms with Gasteiger partial charge in [-0.1, -0.05) is 29.8 Å². The zero-order chi connectivity index (χ0) is 13.9. The Balaban J connectivity index is 1.76. The van der Waals surface area contributed by atoms with E-state index in [-0.39, 0.29) is 0 Å². The van der Waals surface area contributed by atoms with Crippen LogP contribution in [0.3, 0.4) is 0 Å². The van der Waals surface area contributed by atoms with E-state index in [0.717, 1.165) is 32.0 Å². The van der Waals surface area contributed by atoms with E-state index < -0.39 is 0 Å². The highest BCUT2D eigenvalue weighted by Crippen LogP contribution is 2.21. The highest BCUT2D eigenvalue weighted by atomic mass is 15.3. The van der Waals surface area contributed by atoms with Crippen LogP contribution in [0, 0.1) is 6.92 Å². The Morgan fingerprint density at radius 1 is 0.850 bits per heavy atom. The Kier molecular flexibility index (Phi) is 3.70. The highest BCUT2D eigenvalue weighted by Gasteiger charge is 2.14. The molecule has 104 valence electrons. The van der Waals surface area contributed by atoms with Gasteiger partial charge in [0.05, 0.1) is 0 Å². The first-order valence-electron chi connectivity index (χ1n) is 7.19. The Hall–Kier alpha value is -1.87. The van der Waals surface area contributed by atoms with Crippen LogP contribution in [-0.2, 0) is 0 Å². The normalized spacial score (nSPS) is 16.4. The maximum absolute atomic E-state index is 4.63. The Morgan fingerprint density at radius 2 is 1.50 bits per heavy atom. The maximum Gasteiger partial charge on any atom is 0.128 e. The van der Waals surface area contributed by atoms with Gasteiger partial charge in [0, 0.05) is 37.9 Å². The van der Waals surface area contributed by atoms with Crippen molar-refractivity contribution in [3.05, 3.63) is 48.2 Å². The highest BCUT2D eigenvalue weighted by molar-refractivity contribution is 5.64. The van der Waals surface area contributed by atoms with E-state index >= 15 is 0 Å². The monoisotopic (exact) mass is 267 g/mol. The average molecular weight is 267 g/mol. The van der Waals surface area contributed by atoms with E-state index in [1.54, 1.807) is 0 Å². The molecular weight excluding hydrogens is 246 g/mol. The topological polar surface area (TPSA) is 19.4 Å². The predicted molar refractivity (Wildman–Crippen MR) is 84.1 cm³/mol. The molecule has 1 aliphatic heterocycles. The fraction of sp³-hybridized carbons (Fsp3) is 0.353. The molecule has 0 bridgehead atoms. The number of likely N-dealkylation sites (N-methyl/N-ethyl adjacent to an activating group) is 1. The third kappa shape index (κ3) is 2.83. The summed E-state index contributed by atoms with van der Waals surface area (Å²) >= 11 is 0. The zero-order valence-electron chi connectivity index (χ0n) is 12.2. The summed E-state index contributed by atoms with van der Waals surface area (Å²) in [5.41, 5.74) is 3.70. The predicted octanol–water partition coefficient (Wildman–Crippen LogP) is 2.81. The van der Waals surface area contributed by atoms with Gasteiger partial charge in [-0.05, 0) is 31.7 Å². The molecule has 1 aliphatic rings. The summed E-state index contributed by atoms with van der Waals surface area (Å²) in [6.45, 7) is 6.46. The van der Waals surface area contributed by atoms with Crippen LogP contribution in [0.5, 0.6) is 0 Å². The number of aryl methyl sites for hydroxylation is 1. The second-order valence-corrected chi connectivity index (χ2v) is 5.56. The van der Waals surface area contributed by atoms with Crippen LogP contribution in [0.4, 0.5) is 5.82 Å². The van der Waals surface area contributed by atoms with Crippen LogP contribution in [0.15, 0.2) is 42.6 Å². The molecule has 3 heteroatoms. The minimum atomic E-state index is 1.06. The molecule has 0 spiro atoms. The third-order valence-electron chi connectivity index (χ3n) is 3.96. The van der Waals surface area contributed by atoms with E-state index in [4.69, 9.17) is 0 Å². The van der Waals surface area contributed by atoms with Crippen molar-refractivity contribution < 1.29 is 0 Å². The fourth-order valence-electron chi connectivity index (χ4n) is 2.53. The van der Waals surface area contributed by atoms with E-state index in [0.29, 0.717) is 0 Å². The van der Waals surface area contributed by atoms with Gasteiger partial charge >= 0.3 is 0 Å². The van der Waals surface area contributed by atoms with Crippen LogP contribution in [0.1, 0.15) is 5.56 Å². The minimum absolute atomic E-state index is 1.06. The number of pyridine rings is 1. The van der Waals surface area contributed by atoms with E-state index in [9.17, 15) is 0 Å². The zero-order valence-corrected chi connectivity index (χ0v) is 12.2. The van der Waals surface area contributed by atoms with Crippen molar-refractivity contribution in [1.29, 1.82) is 0 Å². The van der Waals surface area contributed by atoms with Gasteiger partial charge in [0.15, 0.2) is 0 Å². The van der Waals surface area contributed by atoms with Crippen LogP contribution >= 0.6 is 0 Å². The number of piperazine rings is 1. The van der Waals surface area contributed by atoms with Crippen LogP contribution < -0.4 is 4.90 Å². The van der Waals surface area contributed by atoms with Crippen molar-refractivity contribution in [3.8, 4) is 11.1 Å². The molecular formula is C17H21N3. The molecule has 1 aromatic carbocycles. The summed E-state index contributed by atoms with van der Waals surface area (Å²) in [6, 6.07) is 12.9. The SMILES string of the molecule is Cc1ccc(-c2ccc(N3CCN(C)CC3)nc2)cc1. The molecule has 0 N–H and O–H groups in total. The number of rotatable bonds is 2. The van der Waals surface area contributed by atoms with Crippen LogP contribution in [0.2, 0.25) is 0 Å². The lowest BCUT2D eigenvalue weighted by Gasteiger charge is -2.33. The Bertz CT molecular complexity index is 552. The molecule has 1 aromatic heterocycles. The summed E-state index contributed by atoms with van der Waals surface area (Å²) in [5.74, 6) is 1.09. The van der Waals surface area contributed by atoms with Gasteiger partial charge in [0.2, 0.25) is 0 Å². The van der Waals surface area contributed by atoms with Crippen LogP contribution in [0.25, 0.3) is 11.1 Å². The molecule has 0 amide bonds. The van der Waals surface area contributed by atoms with Crippen molar-refractivity contribution in [2.75, 3.05) is 38.1 Å². The Labute approximate surface area is 120 Å². The van der Waals surface area contributed by atoms with Gasteiger partial charge < -0.3 is 9.80 Å². The Morgan fingerprint density at radius 3 is 2.10 bits per heavy atom. The number of hydrogen-bond acceptors (Lipinski definition) is 3. The van der Waals surface area contributed by atoms with Crippen LogP contribution in [-0.4, -0.2) is 43.1 Å². The molecule has 0 radical (unpaired) electrons. The minimum Gasteiger partial charge on any atom is -0.354 e. The van der Waals surface area contributed by atoms with Crippen molar-refractivity contribution in [2.45, 2.75) is 6.92 Å².